The molecule has 1 N–H and O–H groups in total. The maximum Gasteiger partial charge on any atom is 0.0946 e. The third-order valence-corrected chi connectivity index (χ3v) is 3.89. The van der Waals surface area contributed by atoms with Gasteiger partial charge in [0.1, 0.15) is 0 Å². The molecule has 2 aromatic heterocycles. The molecule has 4 nitrogen and oxygen atoms in total. The molecule has 1 atom stereocenters. The van der Waals surface area contributed by atoms with Crippen LogP contribution in [0.3, 0.4) is 0 Å². The lowest BCUT2D eigenvalue weighted by Crippen LogP contribution is -2.29. The first kappa shape index (κ1) is 13.2. The maximum atomic E-state index is 4.55. The molecule has 0 fully saturated rings. The van der Waals surface area contributed by atoms with Gasteiger partial charge in [0.05, 0.1) is 17.0 Å². The van der Waals surface area contributed by atoms with Crippen molar-refractivity contribution >= 4 is 11.3 Å². The predicted molar refractivity (Wildman–Crippen MR) is 74.8 cm³/mol. The Bertz CT molecular complexity index is 475. The third-order valence-electron chi connectivity index (χ3n) is 2.88. The highest BCUT2D eigenvalue weighted by molar-refractivity contribution is 7.11. The van der Waals surface area contributed by atoms with E-state index >= 15 is 0 Å². The van der Waals surface area contributed by atoms with Gasteiger partial charge < -0.3 is 9.88 Å². The number of hydrogen-bond donors (Lipinski definition) is 1. The molecular weight excluding hydrogens is 244 g/mol. The molecule has 0 aliphatic rings. The first-order valence-electron chi connectivity index (χ1n) is 6.33. The number of rotatable bonds is 6. The Morgan fingerprint density at radius 3 is 3.00 bits per heavy atom. The molecule has 98 valence electrons. The van der Waals surface area contributed by atoms with Crippen LogP contribution in [0.25, 0.3) is 0 Å². The monoisotopic (exact) mass is 264 g/mol. The molecule has 2 rings (SSSR count). The lowest BCUT2D eigenvalue weighted by molar-refractivity contribution is 0.477. The number of aromatic nitrogens is 3. The average molecular weight is 264 g/mol. The van der Waals surface area contributed by atoms with Gasteiger partial charge in [-0.05, 0) is 20.3 Å². The fourth-order valence-electron chi connectivity index (χ4n) is 1.97. The number of thiazole rings is 1. The Balaban J connectivity index is 1.86. The minimum absolute atomic E-state index is 0.423. The van der Waals surface area contributed by atoms with Gasteiger partial charge in [0.15, 0.2) is 0 Å². The number of nitrogens with one attached hydrogen (secondary N) is 1. The Hall–Kier alpha value is -1.20. The lowest BCUT2D eigenvalue weighted by Gasteiger charge is -2.13. The fourth-order valence-corrected chi connectivity index (χ4v) is 2.94. The third kappa shape index (κ3) is 3.40. The molecule has 0 aromatic carbocycles. The zero-order valence-electron chi connectivity index (χ0n) is 11.2. The molecular formula is C13H20N4S. The van der Waals surface area contributed by atoms with E-state index in [9.17, 15) is 0 Å². The topological polar surface area (TPSA) is 42.7 Å². The SMILES string of the molecule is CCc1nc(C)sc1CNC(C)Cn1ccnc1. The second-order valence-electron chi connectivity index (χ2n) is 4.50. The van der Waals surface area contributed by atoms with E-state index in [-0.39, 0.29) is 0 Å². The van der Waals surface area contributed by atoms with Gasteiger partial charge in [-0.1, -0.05) is 6.92 Å². The predicted octanol–water partition coefficient (Wildman–Crippen LogP) is 2.39. The first-order chi connectivity index (χ1) is 8.69. The largest absolute Gasteiger partial charge is 0.336 e. The quantitative estimate of drug-likeness (QED) is 0.871. The summed E-state index contributed by atoms with van der Waals surface area (Å²) in [5.74, 6) is 0. The second-order valence-corrected chi connectivity index (χ2v) is 5.79. The molecule has 5 heteroatoms. The Kier molecular flexibility index (Phi) is 4.49. The Morgan fingerprint density at radius 2 is 2.33 bits per heavy atom. The second kappa shape index (κ2) is 6.11. The van der Waals surface area contributed by atoms with Crippen molar-refractivity contribution in [1.82, 2.24) is 19.9 Å². The summed E-state index contributed by atoms with van der Waals surface area (Å²) in [5.41, 5.74) is 1.24. The molecule has 0 radical (unpaired) electrons. The highest BCUT2D eigenvalue weighted by Crippen LogP contribution is 2.18. The summed E-state index contributed by atoms with van der Waals surface area (Å²) in [6.45, 7) is 8.28. The molecule has 0 saturated heterocycles. The van der Waals surface area contributed by atoms with Crippen LogP contribution in [-0.2, 0) is 19.5 Å². The lowest BCUT2D eigenvalue weighted by atomic mass is 10.2. The van der Waals surface area contributed by atoms with Crippen LogP contribution in [-0.4, -0.2) is 20.6 Å². The summed E-state index contributed by atoms with van der Waals surface area (Å²) in [4.78, 5) is 9.97. The van der Waals surface area contributed by atoms with Crippen molar-refractivity contribution in [2.75, 3.05) is 0 Å². The van der Waals surface area contributed by atoms with Crippen molar-refractivity contribution in [1.29, 1.82) is 0 Å². The first-order valence-corrected chi connectivity index (χ1v) is 7.15. The van der Waals surface area contributed by atoms with E-state index in [1.165, 1.54) is 10.6 Å². The van der Waals surface area contributed by atoms with Gasteiger partial charge in [0, 0.05) is 36.4 Å². The van der Waals surface area contributed by atoms with Crippen LogP contribution in [0.15, 0.2) is 18.7 Å². The van der Waals surface area contributed by atoms with Crippen molar-refractivity contribution in [3.05, 3.63) is 34.3 Å². The van der Waals surface area contributed by atoms with Gasteiger partial charge in [-0.3, -0.25) is 0 Å². The molecule has 0 saturated carbocycles. The average Bonchev–Trinajstić information content (AvgIpc) is 2.95. The normalized spacial score (nSPS) is 12.8. The van der Waals surface area contributed by atoms with E-state index < -0.39 is 0 Å². The van der Waals surface area contributed by atoms with E-state index in [1.807, 2.05) is 18.7 Å². The molecule has 0 aliphatic heterocycles. The van der Waals surface area contributed by atoms with E-state index in [1.54, 1.807) is 11.3 Å². The van der Waals surface area contributed by atoms with Crippen LogP contribution < -0.4 is 5.32 Å². The van der Waals surface area contributed by atoms with Crippen molar-refractivity contribution in [3.8, 4) is 0 Å². The van der Waals surface area contributed by atoms with Gasteiger partial charge in [-0.25, -0.2) is 9.97 Å². The van der Waals surface area contributed by atoms with Crippen LogP contribution >= 0.6 is 11.3 Å². The molecule has 18 heavy (non-hydrogen) atoms. The van der Waals surface area contributed by atoms with Gasteiger partial charge in [-0.15, -0.1) is 11.3 Å². The maximum absolute atomic E-state index is 4.55. The molecule has 0 aliphatic carbocycles. The molecule has 2 heterocycles. The van der Waals surface area contributed by atoms with Gasteiger partial charge >= 0.3 is 0 Å². The number of nitrogens with zero attached hydrogens (tertiary/aromatic N) is 3. The zero-order chi connectivity index (χ0) is 13.0. The van der Waals surface area contributed by atoms with Gasteiger partial charge in [-0.2, -0.15) is 0 Å². The highest BCUT2D eigenvalue weighted by atomic mass is 32.1. The van der Waals surface area contributed by atoms with Crippen molar-refractivity contribution < 1.29 is 0 Å². The Labute approximate surface area is 112 Å². The molecule has 0 amide bonds. The standard InChI is InChI=1S/C13H20N4S/c1-4-12-13(18-11(3)16-12)7-15-10(2)8-17-6-5-14-9-17/h5-6,9-10,15H,4,7-8H2,1-3H3. The van der Waals surface area contributed by atoms with Crippen molar-refractivity contribution in [3.63, 3.8) is 0 Å². The highest BCUT2D eigenvalue weighted by Gasteiger charge is 2.09. The van der Waals surface area contributed by atoms with E-state index in [0.717, 1.165) is 24.5 Å². The van der Waals surface area contributed by atoms with Crippen LogP contribution in [0.2, 0.25) is 0 Å². The van der Waals surface area contributed by atoms with E-state index in [4.69, 9.17) is 0 Å². The van der Waals surface area contributed by atoms with Crippen LogP contribution in [0.1, 0.15) is 29.4 Å². The van der Waals surface area contributed by atoms with E-state index in [2.05, 4.69) is 40.6 Å². The summed E-state index contributed by atoms with van der Waals surface area (Å²) in [6, 6.07) is 0.423. The summed E-state index contributed by atoms with van der Waals surface area (Å²) in [6.07, 6.45) is 6.67. The van der Waals surface area contributed by atoms with Gasteiger partial charge in [0.25, 0.3) is 0 Å². The Morgan fingerprint density at radius 1 is 1.50 bits per heavy atom. The van der Waals surface area contributed by atoms with Crippen molar-refractivity contribution in [2.24, 2.45) is 0 Å². The smallest absolute Gasteiger partial charge is 0.0946 e. The van der Waals surface area contributed by atoms with Crippen LogP contribution in [0.5, 0.6) is 0 Å². The summed E-state index contributed by atoms with van der Waals surface area (Å²) in [5, 5.41) is 4.71. The molecule has 0 bridgehead atoms. The summed E-state index contributed by atoms with van der Waals surface area (Å²) >= 11 is 1.80. The molecule has 2 aromatic rings. The zero-order valence-corrected chi connectivity index (χ0v) is 12.0. The molecule has 1 unspecified atom stereocenters. The number of hydrogen-bond acceptors (Lipinski definition) is 4. The number of aryl methyl sites for hydroxylation is 2. The van der Waals surface area contributed by atoms with E-state index in [0.29, 0.717) is 6.04 Å². The number of imidazole rings is 1. The molecule has 0 spiro atoms. The van der Waals surface area contributed by atoms with Gasteiger partial charge in [0.2, 0.25) is 0 Å². The fraction of sp³-hybridized carbons (Fsp3) is 0.538. The van der Waals surface area contributed by atoms with Crippen LogP contribution in [0, 0.1) is 6.92 Å². The summed E-state index contributed by atoms with van der Waals surface area (Å²) < 4.78 is 2.09. The van der Waals surface area contributed by atoms with Crippen LogP contribution in [0.4, 0.5) is 0 Å². The van der Waals surface area contributed by atoms with Crippen molar-refractivity contribution in [2.45, 2.75) is 46.3 Å². The minimum atomic E-state index is 0.423. The minimum Gasteiger partial charge on any atom is -0.336 e. The summed E-state index contributed by atoms with van der Waals surface area (Å²) in [7, 11) is 0.